The van der Waals surface area contributed by atoms with Crippen molar-refractivity contribution < 1.29 is 0 Å². The maximum Gasteiger partial charge on any atom is 0.0921 e. The van der Waals surface area contributed by atoms with Gasteiger partial charge in [0.2, 0.25) is 0 Å². The summed E-state index contributed by atoms with van der Waals surface area (Å²) >= 11 is 0. The first kappa shape index (κ1) is 5.41. The molecule has 1 atom stereocenters. The lowest BCUT2D eigenvalue weighted by Crippen LogP contribution is -1.89. The van der Waals surface area contributed by atoms with E-state index in [4.69, 9.17) is 7.85 Å². The molecule has 40 valence electrons. The Balaban J connectivity index is 2.77. The Morgan fingerprint density at radius 3 is 2.88 bits per heavy atom. The van der Waals surface area contributed by atoms with Gasteiger partial charge in [0.25, 0.3) is 0 Å². The van der Waals surface area contributed by atoms with Crippen molar-refractivity contribution in [1.29, 1.82) is 0 Å². The molecule has 0 bridgehead atoms. The van der Waals surface area contributed by atoms with Gasteiger partial charge in [0.1, 0.15) is 0 Å². The first-order valence-corrected chi connectivity index (χ1v) is 2.54. The van der Waals surface area contributed by atoms with Crippen molar-refractivity contribution >= 4 is 7.85 Å². The molecule has 2 radical (unpaired) electrons. The van der Waals surface area contributed by atoms with Crippen LogP contribution in [-0.2, 0) is 0 Å². The quantitative estimate of drug-likeness (QED) is 0.522. The first-order chi connectivity index (χ1) is 3.80. The predicted octanol–water partition coefficient (Wildman–Crippen LogP) is 0.639. The fourth-order valence-electron chi connectivity index (χ4n) is 0.516. The van der Waals surface area contributed by atoms with Gasteiger partial charge in [-0.2, -0.15) is 0 Å². The summed E-state index contributed by atoms with van der Waals surface area (Å²) in [5.74, 6) is 0.0671. The van der Waals surface area contributed by atoms with Gasteiger partial charge in [-0.25, -0.2) is 4.98 Å². The van der Waals surface area contributed by atoms with E-state index in [-0.39, 0.29) is 5.82 Å². The molecule has 0 fully saturated rings. The highest BCUT2D eigenvalue weighted by Gasteiger charge is 1.95. The Kier molecular flexibility index (Phi) is 1.37. The summed E-state index contributed by atoms with van der Waals surface area (Å²) in [6.07, 6.45) is 3.35. The second-order valence-electron chi connectivity index (χ2n) is 1.80. The molecule has 0 saturated heterocycles. The molecule has 0 aromatic carbocycles. The second-order valence-corrected chi connectivity index (χ2v) is 1.80. The maximum atomic E-state index is 5.49. The van der Waals surface area contributed by atoms with Gasteiger partial charge in [0.15, 0.2) is 0 Å². The van der Waals surface area contributed by atoms with Gasteiger partial charge >= 0.3 is 0 Å². The molecule has 0 unspecified atom stereocenters. The van der Waals surface area contributed by atoms with E-state index in [1.807, 2.05) is 6.92 Å². The van der Waals surface area contributed by atoms with Crippen molar-refractivity contribution in [2.24, 2.45) is 0 Å². The van der Waals surface area contributed by atoms with Crippen molar-refractivity contribution in [2.45, 2.75) is 12.7 Å². The Morgan fingerprint density at radius 1 is 1.88 bits per heavy atom. The highest BCUT2D eigenvalue weighted by molar-refractivity contribution is 6.11. The fraction of sp³-hybridized carbons (Fsp3) is 0.400. The van der Waals surface area contributed by atoms with E-state index >= 15 is 0 Å². The van der Waals surface area contributed by atoms with E-state index in [1.165, 1.54) is 0 Å². The third-order valence-electron chi connectivity index (χ3n) is 1.01. The lowest BCUT2D eigenvalue weighted by atomic mass is 9.87. The highest BCUT2D eigenvalue weighted by atomic mass is 14.9. The number of hydrogen-bond donors (Lipinski definition) is 1. The summed E-state index contributed by atoms with van der Waals surface area (Å²) in [6, 6.07) is 0. The summed E-state index contributed by atoms with van der Waals surface area (Å²) in [5, 5.41) is 0. The van der Waals surface area contributed by atoms with Crippen molar-refractivity contribution in [3.8, 4) is 0 Å². The molecular weight excluding hydrogens is 98.9 g/mol. The van der Waals surface area contributed by atoms with Crippen molar-refractivity contribution in [1.82, 2.24) is 9.97 Å². The molecule has 0 saturated carbocycles. The number of nitrogens with zero attached hydrogens (tertiary/aromatic N) is 1. The van der Waals surface area contributed by atoms with Gasteiger partial charge in [0.05, 0.1) is 14.2 Å². The first-order valence-electron chi connectivity index (χ1n) is 2.54. The van der Waals surface area contributed by atoms with E-state index in [0.29, 0.717) is 0 Å². The standard InChI is InChI=1S/C5H7BN2/c1-4(6)5-2-7-3-8-5/h2-4H,1H3,(H,7,8)/t4-/m0/s1. The fourth-order valence-corrected chi connectivity index (χ4v) is 0.516. The average Bonchev–Trinajstić information content (AvgIpc) is 2.12. The third kappa shape index (κ3) is 0.913. The molecule has 2 nitrogen and oxygen atoms in total. The molecule has 0 aliphatic carbocycles. The van der Waals surface area contributed by atoms with Gasteiger partial charge in [-0.1, -0.05) is 6.92 Å². The molecule has 1 aromatic heterocycles. The lowest BCUT2D eigenvalue weighted by Gasteiger charge is -1.96. The van der Waals surface area contributed by atoms with Crippen LogP contribution in [0.15, 0.2) is 12.5 Å². The molecule has 1 aromatic rings. The molecule has 0 aliphatic heterocycles. The molecule has 0 aliphatic rings. The molecular formula is C5H7BN2. The van der Waals surface area contributed by atoms with Crippen LogP contribution in [-0.4, -0.2) is 17.8 Å². The van der Waals surface area contributed by atoms with Crippen molar-refractivity contribution in [3.05, 3.63) is 18.2 Å². The van der Waals surface area contributed by atoms with Crippen LogP contribution in [0, 0.1) is 0 Å². The summed E-state index contributed by atoms with van der Waals surface area (Å²) < 4.78 is 0. The Labute approximate surface area is 49.7 Å². The van der Waals surface area contributed by atoms with Crippen LogP contribution < -0.4 is 0 Å². The number of rotatable bonds is 1. The Morgan fingerprint density at radius 2 is 2.62 bits per heavy atom. The van der Waals surface area contributed by atoms with Crippen molar-refractivity contribution in [2.75, 3.05) is 0 Å². The Hall–Kier alpha value is -0.725. The zero-order valence-corrected chi connectivity index (χ0v) is 4.76. The number of nitrogens with one attached hydrogen (secondary N) is 1. The molecule has 0 spiro atoms. The third-order valence-corrected chi connectivity index (χ3v) is 1.01. The second kappa shape index (κ2) is 2.03. The summed E-state index contributed by atoms with van der Waals surface area (Å²) in [4.78, 5) is 6.71. The zero-order chi connectivity index (χ0) is 5.98. The normalized spacial score (nSPS) is 13.6. The number of imidazole rings is 1. The van der Waals surface area contributed by atoms with Gasteiger partial charge in [0, 0.05) is 11.9 Å². The lowest BCUT2D eigenvalue weighted by molar-refractivity contribution is 1.02. The van der Waals surface area contributed by atoms with E-state index in [9.17, 15) is 0 Å². The minimum atomic E-state index is 0.0671. The van der Waals surface area contributed by atoms with E-state index in [1.54, 1.807) is 12.5 Å². The molecule has 3 heteroatoms. The number of hydrogen-bond acceptors (Lipinski definition) is 1. The van der Waals surface area contributed by atoms with Crippen LogP contribution in [0.5, 0.6) is 0 Å². The smallest absolute Gasteiger partial charge is 0.0921 e. The van der Waals surface area contributed by atoms with Gasteiger partial charge in [-0.15, -0.1) is 0 Å². The van der Waals surface area contributed by atoms with E-state index in [0.717, 1.165) is 5.69 Å². The van der Waals surface area contributed by atoms with Gasteiger partial charge in [-0.05, 0) is 5.82 Å². The van der Waals surface area contributed by atoms with Crippen LogP contribution in [0.25, 0.3) is 0 Å². The largest absolute Gasteiger partial charge is 0.349 e. The van der Waals surface area contributed by atoms with Crippen molar-refractivity contribution in [3.63, 3.8) is 0 Å². The molecule has 1 heterocycles. The minimum absolute atomic E-state index is 0.0671. The maximum absolute atomic E-state index is 5.49. The number of H-pyrrole nitrogens is 1. The molecule has 1 rings (SSSR count). The van der Waals surface area contributed by atoms with E-state index < -0.39 is 0 Å². The van der Waals surface area contributed by atoms with Crippen LogP contribution in [0.4, 0.5) is 0 Å². The van der Waals surface area contributed by atoms with Crippen LogP contribution >= 0.6 is 0 Å². The monoisotopic (exact) mass is 106 g/mol. The van der Waals surface area contributed by atoms with E-state index in [2.05, 4.69) is 9.97 Å². The van der Waals surface area contributed by atoms with Crippen LogP contribution in [0.3, 0.4) is 0 Å². The van der Waals surface area contributed by atoms with Gasteiger partial charge in [-0.3, -0.25) is 0 Å². The topological polar surface area (TPSA) is 28.7 Å². The van der Waals surface area contributed by atoms with Crippen LogP contribution in [0.1, 0.15) is 18.4 Å². The Bertz CT molecular complexity index is 145. The zero-order valence-electron chi connectivity index (χ0n) is 4.76. The predicted molar refractivity (Wildman–Crippen MR) is 32.8 cm³/mol. The number of aromatic nitrogens is 2. The average molecular weight is 106 g/mol. The molecule has 0 amide bonds. The SMILES string of the molecule is [B][C@@H](C)c1cnc[nH]1. The summed E-state index contributed by atoms with van der Waals surface area (Å²) in [7, 11) is 5.49. The summed E-state index contributed by atoms with van der Waals surface area (Å²) in [6.45, 7) is 1.91. The minimum Gasteiger partial charge on any atom is -0.349 e. The molecule has 1 N–H and O–H groups in total. The van der Waals surface area contributed by atoms with Gasteiger partial charge < -0.3 is 4.98 Å². The van der Waals surface area contributed by atoms with Crippen LogP contribution in [0.2, 0.25) is 0 Å². The number of aromatic amines is 1. The molecule has 8 heavy (non-hydrogen) atoms. The highest BCUT2D eigenvalue weighted by Crippen LogP contribution is 2.03. The summed E-state index contributed by atoms with van der Waals surface area (Å²) in [5.41, 5.74) is 0.977.